The van der Waals surface area contributed by atoms with Crippen molar-refractivity contribution in [3.05, 3.63) is 33.7 Å². The first-order valence-corrected chi connectivity index (χ1v) is 12.1. The summed E-state index contributed by atoms with van der Waals surface area (Å²) >= 11 is 0. The van der Waals surface area contributed by atoms with Crippen LogP contribution in [0.2, 0.25) is 0 Å². The van der Waals surface area contributed by atoms with E-state index in [1.54, 1.807) is 17.7 Å². The molecule has 0 spiro atoms. The topological polar surface area (TPSA) is 97.3 Å². The molecular formula is C20H32ClN3O4S. The van der Waals surface area contributed by atoms with Gasteiger partial charge >= 0.3 is 0 Å². The Morgan fingerprint density at radius 2 is 1.97 bits per heavy atom. The molecule has 1 amide bonds. The van der Waals surface area contributed by atoms with E-state index >= 15 is 0 Å². The summed E-state index contributed by atoms with van der Waals surface area (Å²) in [7, 11) is -2.86. The van der Waals surface area contributed by atoms with Crippen LogP contribution in [0.5, 0.6) is 0 Å². The summed E-state index contributed by atoms with van der Waals surface area (Å²) in [5.41, 5.74) is 0.675. The third-order valence-electron chi connectivity index (χ3n) is 5.97. The minimum Gasteiger partial charge on any atom is -0.352 e. The summed E-state index contributed by atoms with van der Waals surface area (Å²) in [6.07, 6.45) is 6.04. The van der Waals surface area contributed by atoms with E-state index in [0.717, 1.165) is 32.4 Å². The summed E-state index contributed by atoms with van der Waals surface area (Å²) in [5, 5.41) is 6.22. The summed E-state index contributed by atoms with van der Waals surface area (Å²) in [4.78, 5) is 25.5. The van der Waals surface area contributed by atoms with Crippen molar-refractivity contribution in [3.63, 3.8) is 0 Å². The number of amides is 1. The molecule has 0 aliphatic carbocycles. The normalized spacial score (nSPS) is 21.9. The molecule has 0 saturated carbocycles. The molecular weight excluding hydrogens is 414 g/mol. The van der Waals surface area contributed by atoms with Crippen molar-refractivity contribution in [2.24, 2.45) is 11.8 Å². The summed E-state index contributed by atoms with van der Waals surface area (Å²) in [5.74, 6) is 0.875. The van der Waals surface area contributed by atoms with Gasteiger partial charge in [-0.15, -0.1) is 12.4 Å². The fraction of sp³-hybridized carbons (Fsp3) is 0.700. The van der Waals surface area contributed by atoms with Crippen LogP contribution >= 0.6 is 12.4 Å². The molecule has 1 unspecified atom stereocenters. The van der Waals surface area contributed by atoms with Crippen molar-refractivity contribution < 1.29 is 13.2 Å². The highest BCUT2D eigenvalue weighted by Crippen LogP contribution is 2.21. The SMILES string of the molecule is Cc1ccn(CC2CCCNC2)c(=O)c1C(=O)NCCC1CCS(=O)(=O)CC1.Cl. The van der Waals surface area contributed by atoms with Crippen LogP contribution in [0.1, 0.15) is 48.0 Å². The zero-order valence-electron chi connectivity index (χ0n) is 17.0. The van der Waals surface area contributed by atoms with Gasteiger partial charge in [0.1, 0.15) is 15.4 Å². The lowest BCUT2D eigenvalue weighted by molar-refractivity contribution is 0.0948. The number of aryl methyl sites for hydroxylation is 1. The van der Waals surface area contributed by atoms with Crippen LogP contribution in [-0.4, -0.2) is 50.0 Å². The predicted molar refractivity (Wildman–Crippen MR) is 117 cm³/mol. The molecule has 2 aliphatic rings. The van der Waals surface area contributed by atoms with E-state index in [-0.39, 0.29) is 40.9 Å². The highest BCUT2D eigenvalue weighted by Gasteiger charge is 2.24. The number of carbonyl (C=O) groups excluding carboxylic acids is 1. The molecule has 0 bridgehead atoms. The van der Waals surface area contributed by atoms with Crippen molar-refractivity contribution in [2.45, 2.75) is 45.6 Å². The van der Waals surface area contributed by atoms with Crippen molar-refractivity contribution in [1.82, 2.24) is 15.2 Å². The second-order valence-corrected chi connectivity index (χ2v) is 10.5. The summed E-state index contributed by atoms with van der Waals surface area (Å²) < 4.78 is 24.7. The number of carbonyl (C=O) groups is 1. The van der Waals surface area contributed by atoms with E-state index in [2.05, 4.69) is 10.6 Å². The van der Waals surface area contributed by atoms with Crippen molar-refractivity contribution >= 4 is 28.2 Å². The van der Waals surface area contributed by atoms with Gasteiger partial charge in [0.05, 0.1) is 11.5 Å². The Morgan fingerprint density at radius 3 is 2.62 bits per heavy atom. The third-order valence-corrected chi connectivity index (χ3v) is 7.68. The fourth-order valence-corrected chi connectivity index (χ4v) is 5.74. The highest BCUT2D eigenvalue weighted by molar-refractivity contribution is 7.91. The third kappa shape index (κ3) is 6.55. The number of nitrogens with one attached hydrogen (secondary N) is 2. The van der Waals surface area contributed by atoms with Crippen molar-refractivity contribution in [3.8, 4) is 0 Å². The van der Waals surface area contributed by atoms with Crippen LogP contribution in [0.15, 0.2) is 17.1 Å². The van der Waals surface area contributed by atoms with Crippen LogP contribution in [0, 0.1) is 18.8 Å². The molecule has 0 radical (unpaired) electrons. The van der Waals surface area contributed by atoms with Crippen LogP contribution in [0.3, 0.4) is 0 Å². The zero-order chi connectivity index (χ0) is 20.1. The van der Waals surface area contributed by atoms with Crippen molar-refractivity contribution in [2.75, 3.05) is 31.1 Å². The molecule has 2 saturated heterocycles. The molecule has 3 rings (SSSR count). The fourth-order valence-electron chi connectivity index (χ4n) is 4.15. The van der Waals surface area contributed by atoms with E-state index < -0.39 is 9.84 Å². The smallest absolute Gasteiger partial charge is 0.263 e. The average Bonchev–Trinajstić information content (AvgIpc) is 2.66. The molecule has 2 N–H and O–H groups in total. The van der Waals surface area contributed by atoms with Crippen LogP contribution < -0.4 is 16.2 Å². The molecule has 7 nitrogen and oxygen atoms in total. The molecule has 1 aromatic heterocycles. The first-order chi connectivity index (χ1) is 13.4. The largest absolute Gasteiger partial charge is 0.352 e. The van der Waals surface area contributed by atoms with Gasteiger partial charge in [0.2, 0.25) is 0 Å². The number of aromatic nitrogens is 1. The maximum atomic E-state index is 12.9. The molecule has 1 atom stereocenters. The first kappa shape index (κ1) is 23.9. The van der Waals surface area contributed by atoms with Gasteiger partial charge in [-0.25, -0.2) is 8.42 Å². The quantitative estimate of drug-likeness (QED) is 0.691. The monoisotopic (exact) mass is 445 g/mol. The lowest BCUT2D eigenvalue weighted by Crippen LogP contribution is -2.38. The number of pyridine rings is 1. The van der Waals surface area contributed by atoms with Gasteiger partial charge in [0.25, 0.3) is 11.5 Å². The Balaban J connectivity index is 0.00000300. The van der Waals surface area contributed by atoms with E-state index in [1.807, 2.05) is 6.07 Å². The number of sulfone groups is 1. The molecule has 2 aliphatic heterocycles. The molecule has 2 fully saturated rings. The number of nitrogens with zero attached hydrogens (tertiary/aromatic N) is 1. The maximum absolute atomic E-state index is 12.9. The van der Waals surface area contributed by atoms with E-state index in [9.17, 15) is 18.0 Å². The number of piperidine rings is 1. The van der Waals surface area contributed by atoms with E-state index in [1.165, 1.54) is 0 Å². The predicted octanol–water partition coefficient (Wildman–Crippen LogP) is 1.52. The molecule has 29 heavy (non-hydrogen) atoms. The van der Waals surface area contributed by atoms with Gasteiger partial charge in [0.15, 0.2) is 0 Å². The van der Waals surface area contributed by atoms with Gasteiger partial charge in [-0.3, -0.25) is 9.59 Å². The van der Waals surface area contributed by atoms with Gasteiger partial charge in [-0.1, -0.05) is 0 Å². The maximum Gasteiger partial charge on any atom is 0.263 e. The van der Waals surface area contributed by atoms with Crippen LogP contribution in [0.25, 0.3) is 0 Å². The molecule has 1 aromatic rings. The highest BCUT2D eigenvalue weighted by atomic mass is 35.5. The number of rotatable bonds is 6. The van der Waals surface area contributed by atoms with Gasteiger partial charge in [-0.2, -0.15) is 0 Å². The molecule has 9 heteroatoms. The molecule has 0 aromatic carbocycles. The van der Waals surface area contributed by atoms with E-state index in [4.69, 9.17) is 0 Å². The lowest BCUT2D eigenvalue weighted by Gasteiger charge is -2.24. The summed E-state index contributed by atoms with van der Waals surface area (Å²) in [6, 6.07) is 1.83. The van der Waals surface area contributed by atoms with Gasteiger partial charge in [-0.05, 0) is 75.6 Å². The second-order valence-electron chi connectivity index (χ2n) is 8.18. The Kier molecular flexibility index (Phi) is 8.73. The second kappa shape index (κ2) is 10.6. The Labute approximate surface area is 179 Å². The number of halogens is 1. The van der Waals surface area contributed by atoms with Gasteiger partial charge in [0, 0.05) is 19.3 Å². The van der Waals surface area contributed by atoms with E-state index in [0.29, 0.717) is 43.3 Å². The first-order valence-electron chi connectivity index (χ1n) is 10.2. The number of hydrogen-bond donors (Lipinski definition) is 2. The van der Waals surface area contributed by atoms with Gasteiger partial charge < -0.3 is 15.2 Å². The Hall–Kier alpha value is -1.38. The van der Waals surface area contributed by atoms with Crippen molar-refractivity contribution in [1.29, 1.82) is 0 Å². The molecule has 3 heterocycles. The minimum absolute atomic E-state index is 0. The minimum atomic E-state index is -2.86. The number of hydrogen-bond acceptors (Lipinski definition) is 5. The standard InChI is InChI=1S/C20H31N3O4S.ClH/c1-15-5-10-23(14-17-3-2-8-21-13-17)20(25)18(15)19(24)22-9-4-16-6-11-28(26,27)12-7-16;/h5,10,16-17,21H,2-4,6-9,11-14H2,1H3,(H,22,24);1H. The Bertz CT molecular complexity index is 849. The average molecular weight is 446 g/mol. The van der Waals surface area contributed by atoms with Crippen LogP contribution in [-0.2, 0) is 16.4 Å². The lowest BCUT2D eigenvalue weighted by atomic mass is 9.99. The Morgan fingerprint density at radius 1 is 1.24 bits per heavy atom. The molecule has 164 valence electrons. The zero-order valence-corrected chi connectivity index (χ0v) is 18.6. The summed E-state index contributed by atoms with van der Waals surface area (Å²) in [6.45, 7) is 4.81. The van der Waals surface area contributed by atoms with Crippen LogP contribution in [0.4, 0.5) is 0 Å².